The Morgan fingerprint density at radius 3 is 2.70 bits per heavy atom. The van der Waals surface area contributed by atoms with E-state index in [1.807, 2.05) is 0 Å². The number of hydrogen-bond acceptors (Lipinski definition) is 4. The summed E-state index contributed by atoms with van der Waals surface area (Å²) < 4.78 is 5.21. The highest BCUT2D eigenvalue weighted by Gasteiger charge is 2.33. The largest absolute Gasteiger partial charge is 0.495 e. The van der Waals surface area contributed by atoms with Gasteiger partial charge in [0.15, 0.2) is 0 Å². The van der Waals surface area contributed by atoms with Crippen molar-refractivity contribution in [3.63, 3.8) is 0 Å². The van der Waals surface area contributed by atoms with E-state index in [1.165, 1.54) is 7.11 Å². The average molecular weight is 410 g/mol. The van der Waals surface area contributed by atoms with Crippen LogP contribution in [0.5, 0.6) is 5.75 Å². The monoisotopic (exact) mass is 409 g/mol. The van der Waals surface area contributed by atoms with Gasteiger partial charge in [-0.3, -0.25) is 0 Å². The van der Waals surface area contributed by atoms with Crippen molar-refractivity contribution < 1.29 is 19.4 Å². The summed E-state index contributed by atoms with van der Waals surface area (Å²) in [6.45, 7) is 0. The molecular formula is C18H17Cl2N3O4. The quantitative estimate of drug-likeness (QED) is 0.608. The van der Waals surface area contributed by atoms with Crippen LogP contribution in [0.25, 0.3) is 0 Å². The average Bonchev–Trinajstić information content (AvgIpc) is 2.61. The number of hydrogen-bond donors (Lipinski definition) is 4. The summed E-state index contributed by atoms with van der Waals surface area (Å²) in [6, 6.07) is 8.10. The lowest BCUT2D eigenvalue weighted by molar-refractivity contribution is -0.138. The number of carbonyl (C=O) groups is 2. The summed E-state index contributed by atoms with van der Waals surface area (Å²) >= 11 is 12.3. The molecule has 142 valence electrons. The SMILES string of the molecule is COc1ccccc1NC(=O)N[C@@H]1C[C@@H](C(=O)O)Nc2cc(Cl)cc(Cl)c21. The molecule has 0 aliphatic carbocycles. The minimum absolute atomic E-state index is 0.128. The van der Waals surface area contributed by atoms with Gasteiger partial charge in [-0.25, -0.2) is 9.59 Å². The van der Waals surface area contributed by atoms with E-state index in [-0.39, 0.29) is 6.42 Å². The maximum absolute atomic E-state index is 12.5. The van der Waals surface area contributed by atoms with E-state index in [4.69, 9.17) is 27.9 Å². The van der Waals surface area contributed by atoms with Gasteiger partial charge in [-0.15, -0.1) is 0 Å². The van der Waals surface area contributed by atoms with Crippen molar-refractivity contribution in [3.8, 4) is 5.75 Å². The van der Waals surface area contributed by atoms with Crippen molar-refractivity contribution in [1.82, 2.24) is 5.32 Å². The zero-order valence-electron chi connectivity index (χ0n) is 14.3. The highest BCUT2D eigenvalue weighted by molar-refractivity contribution is 6.35. The summed E-state index contributed by atoms with van der Waals surface area (Å²) in [4.78, 5) is 24.0. The first-order valence-corrected chi connectivity index (χ1v) is 8.83. The van der Waals surface area contributed by atoms with Crippen LogP contribution in [0.4, 0.5) is 16.2 Å². The zero-order chi connectivity index (χ0) is 19.6. The Kier molecular flexibility index (Phi) is 5.62. The molecular weight excluding hydrogens is 393 g/mol. The second-order valence-corrected chi connectivity index (χ2v) is 6.81. The zero-order valence-corrected chi connectivity index (χ0v) is 15.8. The number of nitrogens with one attached hydrogen (secondary N) is 3. The molecule has 0 bridgehead atoms. The fraction of sp³-hybridized carbons (Fsp3) is 0.222. The molecule has 27 heavy (non-hydrogen) atoms. The van der Waals surface area contributed by atoms with Crippen LogP contribution in [-0.4, -0.2) is 30.3 Å². The Bertz CT molecular complexity index is 891. The summed E-state index contributed by atoms with van der Waals surface area (Å²) in [5.74, 6) is -0.528. The molecule has 3 rings (SSSR count). The molecule has 1 heterocycles. The van der Waals surface area contributed by atoms with E-state index in [2.05, 4.69) is 16.0 Å². The van der Waals surface area contributed by atoms with E-state index in [1.54, 1.807) is 36.4 Å². The predicted octanol–water partition coefficient (Wildman–Crippen LogP) is 4.13. The number of carboxylic acids is 1. The van der Waals surface area contributed by atoms with E-state index in [0.29, 0.717) is 32.7 Å². The van der Waals surface area contributed by atoms with E-state index < -0.39 is 24.1 Å². The van der Waals surface area contributed by atoms with E-state index in [0.717, 1.165) is 0 Å². The standard InChI is InChI=1S/C18H17Cl2N3O4/c1-27-15-5-3-2-4-11(15)22-18(26)23-13-8-14(17(24)25)21-12-7-9(19)6-10(20)16(12)13/h2-7,13-14,21H,8H2,1H3,(H,24,25)(H2,22,23,26)/t13-,14+/m1/s1. The van der Waals surface area contributed by atoms with Crippen LogP contribution in [0.1, 0.15) is 18.0 Å². The Balaban J connectivity index is 1.85. The molecule has 0 fully saturated rings. The summed E-state index contributed by atoms with van der Waals surface area (Å²) in [5.41, 5.74) is 1.56. The molecule has 0 saturated carbocycles. The number of halogens is 2. The molecule has 0 aromatic heterocycles. The molecule has 7 nitrogen and oxygen atoms in total. The molecule has 9 heteroatoms. The van der Waals surface area contributed by atoms with Gasteiger partial charge in [-0.2, -0.15) is 0 Å². The molecule has 0 spiro atoms. The number of anilines is 2. The number of methoxy groups -OCH3 is 1. The van der Waals surface area contributed by atoms with Gasteiger partial charge in [0.25, 0.3) is 0 Å². The number of rotatable bonds is 4. The van der Waals surface area contributed by atoms with Crippen LogP contribution in [0.3, 0.4) is 0 Å². The molecule has 0 unspecified atom stereocenters. The van der Waals surface area contributed by atoms with Crippen molar-refractivity contribution in [1.29, 1.82) is 0 Å². The summed E-state index contributed by atoms with van der Waals surface area (Å²) in [5, 5.41) is 18.5. The van der Waals surface area contributed by atoms with Crippen LogP contribution in [0.15, 0.2) is 36.4 Å². The number of carboxylic acid groups (broad SMARTS) is 1. The van der Waals surface area contributed by atoms with Crippen molar-refractivity contribution in [2.75, 3.05) is 17.7 Å². The van der Waals surface area contributed by atoms with Crippen molar-refractivity contribution in [2.24, 2.45) is 0 Å². The van der Waals surface area contributed by atoms with Gasteiger partial charge < -0.3 is 25.8 Å². The normalized spacial score (nSPS) is 18.0. The third kappa shape index (κ3) is 4.20. The highest BCUT2D eigenvalue weighted by Crippen LogP contribution is 2.40. The minimum Gasteiger partial charge on any atom is -0.495 e. The summed E-state index contributed by atoms with van der Waals surface area (Å²) in [7, 11) is 1.50. The van der Waals surface area contributed by atoms with Crippen LogP contribution >= 0.6 is 23.2 Å². The number of fused-ring (bicyclic) bond motifs is 1. The number of para-hydroxylation sites is 2. The van der Waals surface area contributed by atoms with Crippen molar-refractivity contribution in [2.45, 2.75) is 18.5 Å². The minimum atomic E-state index is -1.03. The predicted molar refractivity (Wildman–Crippen MR) is 104 cm³/mol. The van der Waals surface area contributed by atoms with Crippen molar-refractivity contribution in [3.05, 3.63) is 52.0 Å². The van der Waals surface area contributed by atoms with Crippen LogP contribution < -0.4 is 20.7 Å². The molecule has 1 aliphatic heterocycles. The molecule has 2 aromatic rings. The maximum Gasteiger partial charge on any atom is 0.326 e. The summed E-state index contributed by atoms with van der Waals surface area (Å²) in [6.07, 6.45) is 0.128. The molecule has 2 aromatic carbocycles. The highest BCUT2D eigenvalue weighted by atomic mass is 35.5. The molecule has 2 amide bonds. The maximum atomic E-state index is 12.5. The Morgan fingerprint density at radius 2 is 2.00 bits per heavy atom. The second-order valence-electron chi connectivity index (χ2n) is 5.97. The lowest BCUT2D eigenvalue weighted by Crippen LogP contribution is -2.42. The Labute approximate surface area is 165 Å². The molecule has 1 aliphatic rings. The Hall–Kier alpha value is -2.64. The number of carbonyl (C=O) groups excluding carboxylic acids is 1. The number of urea groups is 1. The lowest BCUT2D eigenvalue weighted by atomic mass is 9.93. The number of benzene rings is 2. The van der Waals surface area contributed by atoms with Gasteiger partial charge in [0.2, 0.25) is 0 Å². The van der Waals surface area contributed by atoms with Crippen LogP contribution in [0, 0.1) is 0 Å². The molecule has 4 N–H and O–H groups in total. The fourth-order valence-electron chi connectivity index (χ4n) is 3.02. The van der Waals surface area contributed by atoms with E-state index >= 15 is 0 Å². The topological polar surface area (TPSA) is 99.7 Å². The first-order valence-electron chi connectivity index (χ1n) is 8.08. The van der Waals surface area contributed by atoms with Gasteiger partial charge in [0.05, 0.1) is 18.8 Å². The first-order chi connectivity index (χ1) is 12.9. The van der Waals surface area contributed by atoms with Gasteiger partial charge in [0.1, 0.15) is 11.8 Å². The smallest absolute Gasteiger partial charge is 0.326 e. The molecule has 0 radical (unpaired) electrons. The van der Waals surface area contributed by atoms with Gasteiger partial charge in [0, 0.05) is 27.7 Å². The number of amides is 2. The fourth-order valence-corrected chi connectivity index (χ4v) is 3.64. The van der Waals surface area contributed by atoms with Crippen molar-refractivity contribution >= 4 is 46.6 Å². The van der Waals surface area contributed by atoms with E-state index in [9.17, 15) is 14.7 Å². The molecule has 0 saturated heterocycles. The number of ether oxygens (including phenoxy) is 1. The first kappa shape index (κ1) is 19.1. The third-order valence-electron chi connectivity index (χ3n) is 4.20. The third-order valence-corrected chi connectivity index (χ3v) is 4.73. The number of aliphatic carboxylic acids is 1. The Morgan fingerprint density at radius 1 is 1.26 bits per heavy atom. The second kappa shape index (κ2) is 7.94. The van der Waals surface area contributed by atoms with Gasteiger partial charge in [-0.05, 0) is 24.3 Å². The van der Waals surface area contributed by atoms with Crippen LogP contribution in [-0.2, 0) is 4.79 Å². The van der Waals surface area contributed by atoms with Crippen LogP contribution in [0.2, 0.25) is 10.0 Å². The van der Waals surface area contributed by atoms with Gasteiger partial charge in [-0.1, -0.05) is 35.3 Å². The lowest BCUT2D eigenvalue weighted by Gasteiger charge is -2.32. The molecule has 2 atom stereocenters. The van der Waals surface area contributed by atoms with Gasteiger partial charge >= 0.3 is 12.0 Å².